The van der Waals surface area contributed by atoms with E-state index in [0.717, 1.165) is 11.1 Å². The van der Waals surface area contributed by atoms with Gasteiger partial charge in [0.25, 0.3) is 0 Å². The van der Waals surface area contributed by atoms with E-state index in [2.05, 4.69) is 26.6 Å². The van der Waals surface area contributed by atoms with Crippen molar-refractivity contribution in [1.82, 2.24) is 36.5 Å². The van der Waals surface area contributed by atoms with Gasteiger partial charge in [-0.1, -0.05) is 86.7 Å². The number of nitrogens with zero attached hydrogens (tertiary/aromatic N) is 2. The van der Waals surface area contributed by atoms with Crippen LogP contribution >= 0.6 is 0 Å². The van der Waals surface area contributed by atoms with E-state index in [1.807, 2.05) is 114 Å². The Hall–Kier alpha value is -5.48. The van der Waals surface area contributed by atoms with Crippen molar-refractivity contribution in [2.45, 2.75) is 174 Å². The van der Waals surface area contributed by atoms with Crippen LogP contribution in [0.1, 0.15) is 125 Å². The van der Waals surface area contributed by atoms with Gasteiger partial charge in [0.1, 0.15) is 30.3 Å². The summed E-state index contributed by atoms with van der Waals surface area (Å²) in [7, 11) is 0. The standard InChI is InChI=1S/C51H77N7O9/c1-34(2)29-39(55-48(64)67-49(4,5)6)26-25-38(30-36-19-13-11-14-20-36)46(62)57-28-18-24-42(57)45(61)53-35(3)43(59)56-41(23-17-27-52-47(63)66-33-37-21-15-12-16-22-37)44(60)54-40-31-50(7,8)58(65)51(9,10)32-40/h11-16,19-22,25-26,34-35,38-42,65H,17-18,23-24,27-33H2,1-10H3,(H,52,63)(H,53,61)(H,54,60)(H,55,64)(H,56,59)/b26-25+/t35?,38?,39?,41?,42-/m0/s1. The van der Waals surface area contributed by atoms with Crippen LogP contribution in [0, 0.1) is 11.8 Å². The van der Waals surface area contributed by atoms with Crippen LogP contribution in [0.15, 0.2) is 72.8 Å². The van der Waals surface area contributed by atoms with E-state index < -0.39 is 76.7 Å². The zero-order valence-electron chi connectivity index (χ0n) is 41.4. The average molecular weight is 932 g/mol. The second-order valence-corrected chi connectivity index (χ2v) is 20.7. The van der Waals surface area contributed by atoms with Crippen LogP contribution in [-0.4, -0.2) is 111 Å². The molecular formula is C51H77N7O9. The van der Waals surface area contributed by atoms with E-state index in [1.165, 1.54) is 12.0 Å². The van der Waals surface area contributed by atoms with Crippen LogP contribution in [0.25, 0.3) is 0 Å². The summed E-state index contributed by atoms with van der Waals surface area (Å²) in [6.07, 6.45) is 5.84. The maximum absolute atomic E-state index is 14.5. The number of benzene rings is 2. The first-order valence-electron chi connectivity index (χ1n) is 23.8. The molecule has 67 heavy (non-hydrogen) atoms. The summed E-state index contributed by atoms with van der Waals surface area (Å²) >= 11 is 0. The van der Waals surface area contributed by atoms with Gasteiger partial charge in [-0.05, 0) is 124 Å². The molecule has 16 heteroatoms. The average Bonchev–Trinajstić information content (AvgIpc) is 3.74. The van der Waals surface area contributed by atoms with E-state index in [0.29, 0.717) is 51.5 Å². The third-order valence-electron chi connectivity index (χ3n) is 12.0. The summed E-state index contributed by atoms with van der Waals surface area (Å²) in [5.74, 6) is -2.19. The van der Waals surface area contributed by atoms with Crippen LogP contribution in [-0.2, 0) is 41.7 Å². The van der Waals surface area contributed by atoms with Crippen LogP contribution in [0.4, 0.5) is 9.59 Å². The molecule has 2 aliphatic heterocycles. The lowest BCUT2D eigenvalue weighted by Crippen LogP contribution is -2.64. The first kappa shape index (κ1) is 54.1. The highest BCUT2D eigenvalue weighted by Gasteiger charge is 2.46. The van der Waals surface area contributed by atoms with Gasteiger partial charge >= 0.3 is 12.2 Å². The summed E-state index contributed by atoms with van der Waals surface area (Å²) in [6.45, 7) is 19.2. The smallest absolute Gasteiger partial charge is 0.408 e. The maximum atomic E-state index is 14.5. The van der Waals surface area contributed by atoms with Crippen molar-refractivity contribution in [3.63, 3.8) is 0 Å². The Balaban J connectivity index is 1.45. The van der Waals surface area contributed by atoms with Crippen LogP contribution < -0.4 is 26.6 Å². The number of likely N-dealkylation sites (tertiary alicyclic amines) is 1. The fourth-order valence-corrected chi connectivity index (χ4v) is 8.93. The van der Waals surface area contributed by atoms with Crippen LogP contribution in [0.2, 0.25) is 0 Å². The minimum Gasteiger partial charge on any atom is -0.445 e. The summed E-state index contributed by atoms with van der Waals surface area (Å²) in [5.41, 5.74) is -0.186. The molecule has 0 radical (unpaired) electrons. The molecule has 0 bridgehead atoms. The Morgan fingerprint density at radius 2 is 1.43 bits per heavy atom. The molecule has 16 nitrogen and oxygen atoms in total. The number of ether oxygens (including phenoxy) is 2. The Kier molecular flexibility index (Phi) is 19.8. The number of rotatable bonds is 20. The van der Waals surface area contributed by atoms with Crippen molar-refractivity contribution in [2.75, 3.05) is 13.1 Å². The lowest BCUT2D eigenvalue weighted by atomic mass is 9.79. The van der Waals surface area contributed by atoms with Crippen molar-refractivity contribution in [3.05, 3.63) is 83.9 Å². The topological polar surface area (TPSA) is 208 Å². The van der Waals surface area contributed by atoms with Crippen molar-refractivity contribution in [2.24, 2.45) is 11.8 Å². The second kappa shape index (κ2) is 24.5. The molecule has 4 unspecified atom stereocenters. The summed E-state index contributed by atoms with van der Waals surface area (Å²) in [5, 5.41) is 26.5. The van der Waals surface area contributed by atoms with Gasteiger partial charge in [-0.2, -0.15) is 5.06 Å². The lowest BCUT2D eigenvalue weighted by Gasteiger charge is -2.51. The van der Waals surface area contributed by atoms with Crippen molar-refractivity contribution >= 4 is 35.8 Å². The number of nitrogens with one attached hydrogen (secondary N) is 5. The number of carbonyl (C=O) groups is 6. The highest BCUT2D eigenvalue weighted by atomic mass is 16.6. The Bertz CT molecular complexity index is 1970. The molecule has 6 N–H and O–H groups in total. The molecule has 370 valence electrons. The molecule has 0 aliphatic carbocycles. The SMILES string of the molecule is CC(C)CC(/C=C/C(Cc1ccccc1)C(=O)N1CCC[C@H]1C(=O)NC(C)C(=O)NC(CCCNC(=O)OCc1ccccc1)C(=O)NC1CC(C)(C)N(O)C(C)(C)C1)NC(=O)OC(C)(C)C. The fraction of sp³-hybridized carbons (Fsp3) is 0.608. The van der Waals surface area contributed by atoms with Gasteiger partial charge < -0.3 is 46.2 Å². The molecule has 2 aromatic rings. The minimum atomic E-state index is -1.07. The predicted molar refractivity (Wildman–Crippen MR) is 256 cm³/mol. The third kappa shape index (κ3) is 17.6. The first-order chi connectivity index (χ1) is 31.4. The van der Waals surface area contributed by atoms with Crippen LogP contribution in [0.3, 0.4) is 0 Å². The van der Waals surface area contributed by atoms with Gasteiger partial charge in [-0.3, -0.25) is 19.2 Å². The summed E-state index contributed by atoms with van der Waals surface area (Å²) < 4.78 is 10.8. The molecule has 2 fully saturated rings. The van der Waals surface area contributed by atoms with Gasteiger partial charge in [-0.15, -0.1) is 0 Å². The van der Waals surface area contributed by atoms with Gasteiger partial charge in [0.05, 0.1) is 12.0 Å². The monoisotopic (exact) mass is 932 g/mol. The number of alkyl carbamates (subject to hydrolysis) is 2. The molecule has 0 saturated carbocycles. The quantitative estimate of drug-likeness (QED) is 0.0623. The predicted octanol–water partition coefficient (Wildman–Crippen LogP) is 6.56. The first-order valence-corrected chi connectivity index (χ1v) is 23.8. The second-order valence-electron chi connectivity index (χ2n) is 20.7. The highest BCUT2D eigenvalue weighted by Crippen LogP contribution is 2.36. The highest BCUT2D eigenvalue weighted by molar-refractivity contribution is 5.94. The molecule has 2 heterocycles. The maximum Gasteiger partial charge on any atom is 0.408 e. The Morgan fingerprint density at radius 1 is 0.821 bits per heavy atom. The van der Waals surface area contributed by atoms with E-state index in [9.17, 15) is 34.0 Å². The molecule has 4 rings (SSSR count). The van der Waals surface area contributed by atoms with Gasteiger partial charge in [-0.25, -0.2) is 9.59 Å². The third-order valence-corrected chi connectivity index (χ3v) is 12.0. The number of carbonyl (C=O) groups excluding carboxylic acids is 6. The molecule has 0 spiro atoms. The number of hydrogen-bond acceptors (Lipinski definition) is 10. The Labute approximate surface area is 397 Å². The molecule has 0 aromatic heterocycles. The summed E-state index contributed by atoms with van der Waals surface area (Å²) in [4.78, 5) is 83.1. The van der Waals surface area contributed by atoms with Gasteiger partial charge in [0.15, 0.2) is 0 Å². The Morgan fingerprint density at radius 3 is 2.03 bits per heavy atom. The fourth-order valence-electron chi connectivity index (χ4n) is 8.93. The molecule has 5 atom stereocenters. The number of hydrogen-bond donors (Lipinski definition) is 6. The molecule has 2 aromatic carbocycles. The normalized spacial score (nSPS) is 19.2. The van der Waals surface area contributed by atoms with E-state index in [4.69, 9.17) is 9.47 Å². The zero-order valence-corrected chi connectivity index (χ0v) is 41.4. The minimum absolute atomic E-state index is 0.1000. The molecule has 2 aliphatic rings. The van der Waals surface area contributed by atoms with E-state index in [1.54, 1.807) is 25.7 Å². The van der Waals surface area contributed by atoms with Gasteiger partial charge in [0.2, 0.25) is 23.6 Å². The van der Waals surface area contributed by atoms with Crippen LogP contribution in [0.5, 0.6) is 0 Å². The van der Waals surface area contributed by atoms with Crippen molar-refractivity contribution in [1.29, 1.82) is 0 Å². The lowest BCUT2D eigenvalue weighted by molar-refractivity contribution is -0.246. The number of amides is 6. The number of hydroxylamine groups is 2. The largest absolute Gasteiger partial charge is 0.445 e. The van der Waals surface area contributed by atoms with E-state index in [-0.39, 0.29) is 37.4 Å². The zero-order chi connectivity index (χ0) is 49.5. The summed E-state index contributed by atoms with van der Waals surface area (Å²) in [6, 6.07) is 15.2. The number of piperidine rings is 1. The molecule has 2 saturated heterocycles. The van der Waals surface area contributed by atoms with Gasteiger partial charge in [0, 0.05) is 30.2 Å². The van der Waals surface area contributed by atoms with E-state index >= 15 is 0 Å². The molecule has 6 amide bonds. The van der Waals surface area contributed by atoms with Crippen molar-refractivity contribution < 1.29 is 43.4 Å². The molecular weight excluding hydrogens is 855 g/mol. The van der Waals surface area contributed by atoms with Crippen molar-refractivity contribution in [3.8, 4) is 0 Å².